The number of hydrogen-bond acceptors (Lipinski definition) is 6. The highest BCUT2D eigenvalue weighted by Crippen LogP contribution is 2.24. The summed E-state index contributed by atoms with van der Waals surface area (Å²) in [5.74, 6) is -0.187. The Kier molecular flexibility index (Phi) is 4.60. The van der Waals surface area contributed by atoms with Crippen LogP contribution in [0.5, 0.6) is 0 Å². The molecule has 22 heavy (non-hydrogen) atoms. The molecular weight excluding hydrogens is 306 g/mol. The number of amides is 1. The minimum Gasteiger partial charge on any atom is -0.334 e. The zero-order chi connectivity index (χ0) is 16.3. The topological polar surface area (TPSA) is 102 Å². The van der Waals surface area contributed by atoms with Gasteiger partial charge in [-0.1, -0.05) is 18.1 Å². The van der Waals surface area contributed by atoms with Crippen LogP contribution in [0.1, 0.15) is 18.3 Å². The molecule has 2 rings (SSSR count). The lowest BCUT2D eigenvalue weighted by Crippen LogP contribution is -2.22. The first kappa shape index (κ1) is 16.2. The van der Waals surface area contributed by atoms with E-state index >= 15 is 0 Å². The average Bonchev–Trinajstić information content (AvgIpc) is 2.88. The van der Waals surface area contributed by atoms with E-state index in [-0.39, 0.29) is 0 Å². The van der Waals surface area contributed by atoms with Gasteiger partial charge in [-0.15, -0.1) is 0 Å². The molecule has 118 valence electrons. The maximum atomic E-state index is 11.7. The average molecular weight is 323 g/mol. The van der Waals surface area contributed by atoms with Crippen molar-refractivity contribution in [1.29, 1.82) is 0 Å². The summed E-state index contributed by atoms with van der Waals surface area (Å²) in [4.78, 5) is 16.0. The summed E-state index contributed by atoms with van der Waals surface area (Å²) < 4.78 is 27.4. The number of aromatic nitrogens is 2. The highest BCUT2D eigenvalue weighted by Gasteiger charge is 2.14. The molecule has 8 heteroatoms. The number of nitrogens with one attached hydrogen (secondary N) is 1. The van der Waals surface area contributed by atoms with E-state index in [1.165, 1.54) is 0 Å². The summed E-state index contributed by atoms with van der Waals surface area (Å²) in [6.07, 6.45) is 1.67. The molecule has 1 N–H and O–H groups in total. The zero-order valence-corrected chi connectivity index (χ0v) is 13.4. The highest BCUT2D eigenvalue weighted by atomic mass is 32.2. The van der Waals surface area contributed by atoms with Gasteiger partial charge in [-0.3, -0.25) is 4.79 Å². The van der Waals surface area contributed by atoms with Crippen molar-refractivity contribution in [2.75, 3.05) is 17.3 Å². The Hall–Kier alpha value is -2.22. The van der Waals surface area contributed by atoms with Crippen molar-refractivity contribution in [3.8, 4) is 11.5 Å². The van der Waals surface area contributed by atoms with Crippen LogP contribution < -0.4 is 5.32 Å². The van der Waals surface area contributed by atoms with E-state index in [1.54, 1.807) is 18.2 Å². The van der Waals surface area contributed by atoms with Crippen LogP contribution in [0.2, 0.25) is 0 Å². The fraction of sp³-hybridized carbons (Fsp3) is 0.357. The van der Waals surface area contributed by atoms with Crippen molar-refractivity contribution < 1.29 is 17.7 Å². The minimum atomic E-state index is -3.37. The molecular formula is C14H17N3O4S. The Balaban J connectivity index is 2.25. The number of benzene rings is 1. The highest BCUT2D eigenvalue weighted by molar-refractivity contribution is 7.91. The summed E-state index contributed by atoms with van der Waals surface area (Å²) >= 11 is 0. The second-order valence-electron chi connectivity index (χ2n) is 5.02. The second kappa shape index (κ2) is 6.27. The van der Waals surface area contributed by atoms with Crippen molar-refractivity contribution in [2.24, 2.45) is 0 Å². The fourth-order valence-electron chi connectivity index (χ4n) is 1.83. The van der Waals surface area contributed by atoms with Crippen molar-refractivity contribution >= 4 is 21.4 Å². The summed E-state index contributed by atoms with van der Waals surface area (Å²) in [6, 6.07) is 5.28. The molecule has 1 heterocycles. The normalized spacial score (nSPS) is 11.4. The molecule has 2 aromatic rings. The number of aryl methyl sites for hydroxylation is 2. The second-order valence-corrected chi connectivity index (χ2v) is 7.16. The number of sulfone groups is 1. The first-order chi connectivity index (χ1) is 10.3. The van der Waals surface area contributed by atoms with E-state index in [4.69, 9.17) is 4.52 Å². The van der Waals surface area contributed by atoms with Gasteiger partial charge in [0.2, 0.25) is 5.91 Å². The molecule has 0 atom stereocenters. The van der Waals surface area contributed by atoms with Gasteiger partial charge < -0.3 is 9.84 Å². The number of carbonyl (C=O) groups excluding carboxylic acids is 1. The molecule has 1 aromatic carbocycles. The number of nitrogens with zero attached hydrogens (tertiary/aromatic N) is 2. The Labute approximate surface area is 128 Å². The molecule has 0 saturated carbocycles. The van der Waals surface area contributed by atoms with Crippen molar-refractivity contribution in [3.63, 3.8) is 0 Å². The van der Waals surface area contributed by atoms with E-state index in [0.717, 1.165) is 11.8 Å². The quantitative estimate of drug-likeness (QED) is 0.896. The molecule has 0 aliphatic rings. The Morgan fingerprint density at radius 1 is 1.36 bits per heavy atom. The van der Waals surface area contributed by atoms with E-state index in [0.29, 0.717) is 29.4 Å². The first-order valence-corrected chi connectivity index (χ1v) is 8.75. The molecule has 1 aromatic heterocycles. The van der Waals surface area contributed by atoms with Gasteiger partial charge in [0.05, 0.1) is 0 Å². The first-order valence-electron chi connectivity index (χ1n) is 6.69. The van der Waals surface area contributed by atoms with Crippen LogP contribution >= 0.6 is 0 Å². The third-order valence-corrected chi connectivity index (χ3v) is 3.72. The van der Waals surface area contributed by atoms with Crippen molar-refractivity contribution in [2.45, 2.75) is 20.3 Å². The van der Waals surface area contributed by atoms with Crippen LogP contribution in [0, 0.1) is 6.92 Å². The van der Waals surface area contributed by atoms with Crippen LogP contribution in [-0.2, 0) is 21.1 Å². The molecule has 0 bridgehead atoms. The maximum Gasteiger partial charge on any atom is 0.257 e. The lowest BCUT2D eigenvalue weighted by molar-refractivity contribution is -0.113. The number of anilines is 1. The van der Waals surface area contributed by atoms with Gasteiger partial charge in [-0.25, -0.2) is 8.42 Å². The fourth-order valence-corrected chi connectivity index (χ4v) is 2.38. The lowest BCUT2D eigenvalue weighted by atomic mass is 10.1. The van der Waals surface area contributed by atoms with Gasteiger partial charge in [0.15, 0.2) is 15.7 Å². The summed E-state index contributed by atoms with van der Waals surface area (Å²) in [6.45, 7) is 3.73. The molecule has 0 radical (unpaired) electrons. The third-order valence-electron chi connectivity index (χ3n) is 2.94. The molecule has 0 aliphatic carbocycles. The third kappa shape index (κ3) is 4.14. The van der Waals surface area contributed by atoms with Gasteiger partial charge in [0, 0.05) is 23.9 Å². The van der Waals surface area contributed by atoms with Gasteiger partial charge in [-0.2, -0.15) is 4.98 Å². The number of rotatable bonds is 5. The minimum absolute atomic E-state index is 0.357. The molecule has 7 nitrogen and oxygen atoms in total. The predicted octanol–water partition coefficient (Wildman–Crippen LogP) is 1.59. The number of carbonyl (C=O) groups is 1. The lowest BCUT2D eigenvalue weighted by Gasteiger charge is -2.09. The largest absolute Gasteiger partial charge is 0.334 e. The summed E-state index contributed by atoms with van der Waals surface area (Å²) in [7, 11) is -3.37. The predicted molar refractivity (Wildman–Crippen MR) is 82.2 cm³/mol. The van der Waals surface area contributed by atoms with Crippen LogP contribution in [-0.4, -0.2) is 36.5 Å². The number of hydrogen-bond donors (Lipinski definition) is 1. The molecule has 0 fully saturated rings. The smallest absolute Gasteiger partial charge is 0.257 e. The Morgan fingerprint density at radius 3 is 2.68 bits per heavy atom. The monoisotopic (exact) mass is 323 g/mol. The molecule has 0 unspecified atom stereocenters. The van der Waals surface area contributed by atoms with Gasteiger partial charge in [0.1, 0.15) is 5.75 Å². The molecule has 0 saturated heterocycles. The van der Waals surface area contributed by atoms with E-state index < -0.39 is 21.5 Å². The van der Waals surface area contributed by atoms with E-state index in [9.17, 15) is 13.2 Å². The Bertz CT molecular complexity index is 796. The van der Waals surface area contributed by atoms with Crippen LogP contribution in [0.3, 0.4) is 0 Å². The summed E-state index contributed by atoms with van der Waals surface area (Å²) in [5.41, 5.74) is 1.98. The Morgan fingerprint density at radius 2 is 2.09 bits per heavy atom. The van der Waals surface area contributed by atoms with Gasteiger partial charge >= 0.3 is 0 Å². The standard InChI is InChI=1S/C14H17N3O4S/c1-4-12-16-14(21-17-12)10-6-5-9(2)11(7-10)15-13(18)8-22(3,19)20/h5-7H,4,8H2,1-3H3,(H,15,18). The van der Waals surface area contributed by atoms with Crippen molar-refractivity contribution in [3.05, 3.63) is 29.6 Å². The molecule has 0 spiro atoms. The van der Waals surface area contributed by atoms with E-state index in [2.05, 4.69) is 15.5 Å². The van der Waals surface area contributed by atoms with Crippen LogP contribution in [0.25, 0.3) is 11.5 Å². The maximum absolute atomic E-state index is 11.7. The van der Waals surface area contributed by atoms with Gasteiger partial charge in [0.25, 0.3) is 5.89 Å². The van der Waals surface area contributed by atoms with E-state index in [1.807, 2.05) is 13.8 Å². The van der Waals surface area contributed by atoms with Crippen LogP contribution in [0.4, 0.5) is 5.69 Å². The zero-order valence-electron chi connectivity index (χ0n) is 12.6. The van der Waals surface area contributed by atoms with Gasteiger partial charge in [-0.05, 0) is 24.6 Å². The molecule has 0 aliphatic heterocycles. The summed E-state index contributed by atoms with van der Waals surface area (Å²) in [5, 5.41) is 6.41. The molecule has 1 amide bonds. The van der Waals surface area contributed by atoms with Crippen LogP contribution in [0.15, 0.2) is 22.7 Å². The van der Waals surface area contributed by atoms with Crippen molar-refractivity contribution in [1.82, 2.24) is 10.1 Å². The SMILES string of the molecule is CCc1noc(-c2ccc(C)c(NC(=O)CS(C)(=O)=O)c2)n1.